The number of esters is 1. The second kappa shape index (κ2) is 7.31. The van der Waals surface area contributed by atoms with E-state index in [1.54, 1.807) is 12.1 Å². The van der Waals surface area contributed by atoms with E-state index in [0.717, 1.165) is 36.5 Å². The zero-order chi connectivity index (χ0) is 19.0. The second-order valence-electron chi connectivity index (χ2n) is 7.14. The number of fused-ring (bicyclic) bond motifs is 2. The molecule has 2 aromatic rings. The molecule has 0 bridgehead atoms. The molecule has 27 heavy (non-hydrogen) atoms. The van der Waals surface area contributed by atoms with Crippen molar-refractivity contribution in [1.29, 1.82) is 0 Å². The molecule has 0 unspecified atom stereocenters. The zero-order valence-electron chi connectivity index (χ0n) is 14.8. The van der Waals surface area contributed by atoms with Gasteiger partial charge in [-0.1, -0.05) is 48.7 Å². The van der Waals surface area contributed by atoms with E-state index < -0.39 is 5.97 Å². The maximum Gasteiger partial charge on any atom is 0.313 e. The molecule has 2 aromatic carbocycles. The van der Waals surface area contributed by atoms with Crippen molar-refractivity contribution in [1.82, 2.24) is 4.90 Å². The van der Waals surface area contributed by atoms with Crippen LogP contribution in [0.4, 0.5) is 0 Å². The molecule has 0 radical (unpaired) electrons. The molecule has 1 heterocycles. The number of rotatable bonds is 4. The number of nitrogens with zero attached hydrogens (tertiary/aromatic N) is 1. The van der Waals surface area contributed by atoms with Gasteiger partial charge in [0.15, 0.2) is 0 Å². The molecule has 140 valence electrons. The van der Waals surface area contributed by atoms with Gasteiger partial charge in [0.2, 0.25) is 11.8 Å². The monoisotopic (exact) mass is 385 g/mol. The van der Waals surface area contributed by atoms with E-state index in [1.165, 1.54) is 4.90 Å². The lowest BCUT2D eigenvalue weighted by Gasteiger charge is -2.19. The number of hydrogen-bond donors (Lipinski definition) is 0. The Morgan fingerprint density at radius 2 is 1.63 bits per heavy atom. The fourth-order valence-electron chi connectivity index (χ4n) is 4.15. The molecule has 0 N–H and O–H groups in total. The van der Waals surface area contributed by atoms with Gasteiger partial charge in [0.05, 0.1) is 18.3 Å². The molecule has 0 aromatic heterocycles. The van der Waals surface area contributed by atoms with Gasteiger partial charge in [0.1, 0.15) is 5.75 Å². The normalized spacial score (nSPS) is 22.2. The third kappa shape index (κ3) is 3.32. The van der Waals surface area contributed by atoms with Gasteiger partial charge in [-0.2, -0.15) is 0 Å². The number of hydrogen-bond acceptors (Lipinski definition) is 4. The summed E-state index contributed by atoms with van der Waals surface area (Å²) in [7, 11) is 0. The van der Waals surface area contributed by atoms with Crippen molar-refractivity contribution < 1.29 is 19.1 Å². The van der Waals surface area contributed by atoms with Gasteiger partial charge in [-0.25, -0.2) is 0 Å². The summed E-state index contributed by atoms with van der Waals surface area (Å²) in [6.45, 7) is 0.0784. The van der Waals surface area contributed by atoms with Crippen molar-refractivity contribution in [3.8, 4) is 5.75 Å². The average Bonchev–Trinajstić information content (AvgIpc) is 2.93. The molecule has 2 amide bonds. The van der Waals surface area contributed by atoms with Crippen LogP contribution in [0.5, 0.6) is 5.75 Å². The summed E-state index contributed by atoms with van der Waals surface area (Å²) in [4.78, 5) is 38.5. The predicted molar refractivity (Wildman–Crippen MR) is 101 cm³/mol. The average molecular weight is 386 g/mol. The lowest BCUT2D eigenvalue weighted by atomic mass is 9.81. The number of carbonyl (C=O) groups excluding carboxylic acids is 3. The topological polar surface area (TPSA) is 63.7 Å². The minimum atomic E-state index is -0.474. The van der Waals surface area contributed by atoms with E-state index in [-0.39, 0.29) is 36.6 Å². The van der Waals surface area contributed by atoms with Crippen LogP contribution >= 0.6 is 11.6 Å². The minimum absolute atomic E-state index is 0.0200. The minimum Gasteiger partial charge on any atom is -0.426 e. The molecule has 2 fully saturated rings. The van der Waals surface area contributed by atoms with E-state index in [2.05, 4.69) is 0 Å². The number of carbonyl (C=O) groups is 3. The van der Waals surface area contributed by atoms with Crippen LogP contribution in [0.15, 0.2) is 36.4 Å². The van der Waals surface area contributed by atoms with E-state index in [4.69, 9.17) is 16.3 Å². The third-order valence-corrected chi connectivity index (χ3v) is 5.86. The maximum absolute atomic E-state index is 12.5. The van der Waals surface area contributed by atoms with Gasteiger partial charge in [0.25, 0.3) is 0 Å². The van der Waals surface area contributed by atoms with Crippen molar-refractivity contribution in [2.24, 2.45) is 11.8 Å². The Bertz CT molecular complexity index is 902. The Morgan fingerprint density at radius 1 is 1.00 bits per heavy atom. The van der Waals surface area contributed by atoms with Gasteiger partial charge in [-0.3, -0.25) is 19.3 Å². The second-order valence-corrected chi connectivity index (χ2v) is 7.55. The first-order chi connectivity index (χ1) is 13.1. The van der Waals surface area contributed by atoms with Crippen LogP contribution in [0.3, 0.4) is 0 Å². The molecule has 5 nitrogen and oxygen atoms in total. The Hall–Kier alpha value is -2.40. The standard InChI is InChI=1S/C21H20ClNO4/c22-17-9-10-18(14-6-2-1-5-13(14)17)27-19(24)11-12-23-20(25)15-7-3-4-8-16(15)21(23)26/h1-2,5-6,9-10,15-16H,3-4,7-8,11-12H2/t15-,16-/m0/s1. The maximum atomic E-state index is 12.5. The van der Waals surface area contributed by atoms with E-state index in [1.807, 2.05) is 24.3 Å². The molecule has 1 aliphatic heterocycles. The molecule has 0 spiro atoms. The first-order valence-electron chi connectivity index (χ1n) is 9.29. The fourth-order valence-corrected chi connectivity index (χ4v) is 4.38. The molecule has 2 aliphatic rings. The Morgan fingerprint density at radius 3 is 2.30 bits per heavy atom. The number of likely N-dealkylation sites (tertiary alicyclic amines) is 1. The van der Waals surface area contributed by atoms with E-state index in [0.29, 0.717) is 10.8 Å². The molecule has 6 heteroatoms. The summed E-state index contributed by atoms with van der Waals surface area (Å²) < 4.78 is 5.48. The highest BCUT2D eigenvalue weighted by molar-refractivity contribution is 6.35. The van der Waals surface area contributed by atoms with Crippen LogP contribution in [0.25, 0.3) is 10.8 Å². The number of imide groups is 1. The summed E-state index contributed by atoms with van der Waals surface area (Å²) >= 11 is 6.18. The number of ether oxygens (including phenoxy) is 1. The van der Waals surface area contributed by atoms with Gasteiger partial charge in [-0.15, -0.1) is 0 Å². The SMILES string of the molecule is O=C(CCN1C(=O)[C@H]2CCCC[C@@H]2C1=O)Oc1ccc(Cl)c2ccccc12. The Kier molecular flexibility index (Phi) is 4.87. The van der Waals surface area contributed by atoms with E-state index in [9.17, 15) is 14.4 Å². The van der Waals surface area contributed by atoms with Crippen LogP contribution in [0.1, 0.15) is 32.1 Å². The smallest absolute Gasteiger partial charge is 0.313 e. The number of benzene rings is 2. The molecule has 1 saturated carbocycles. The first-order valence-corrected chi connectivity index (χ1v) is 9.67. The zero-order valence-corrected chi connectivity index (χ0v) is 15.6. The molecule has 2 atom stereocenters. The molecule has 1 aliphatic carbocycles. The van der Waals surface area contributed by atoms with Crippen molar-refractivity contribution in [2.45, 2.75) is 32.1 Å². The highest BCUT2D eigenvalue weighted by Crippen LogP contribution is 2.38. The predicted octanol–water partition coefficient (Wildman–Crippen LogP) is 3.96. The largest absolute Gasteiger partial charge is 0.426 e. The van der Waals surface area contributed by atoms with Crippen LogP contribution in [-0.4, -0.2) is 29.2 Å². The van der Waals surface area contributed by atoms with Gasteiger partial charge < -0.3 is 4.74 Å². The highest BCUT2D eigenvalue weighted by atomic mass is 35.5. The lowest BCUT2D eigenvalue weighted by molar-refractivity contribution is -0.141. The van der Waals surface area contributed by atoms with Crippen LogP contribution in [0, 0.1) is 11.8 Å². The van der Waals surface area contributed by atoms with Crippen LogP contribution in [0.2, 0.25) is 5.02 Å². The summed E-state index contributed by atoms with van der Waals surface area (Å²) in [5.41, 5.74) is 0. The van der Waals surface area contributed by atoms with Crippen molar-refractivity contribution in [2.75, 3.05) is 6.54 Å². The molecular formula is C21H20ClNO4. The van der Waals surface area contributed by atoms with Crippen LogP contribution in [-0.2, 0) is 14.4 Å². The highest BCUT2D eigenvalue weighted by Gasteiger charge is 2.47. The first kappa shape index (κ1) is 18.0. The summed E-state index contributed by atoms with van der Waals surface area (Å²) in [6, 6.07) is 10.7. The summed E-state index contributed by atoms with van der Waals surface area (Å²) in [5, 5.41) is 2.14. The van der Waals surface area contributed by atoms with Crippen molar-refractivity contribution in [3.05, 3.63) is 41.4 Å². The molecule has 1 saturated heterocycles. The number of halogens is 1. The van der Waals surface area contributed by atoms with Gasteiger partial charge in [-0.05, 0) is 25.0 Å². The number of amides is 2. The summed E-state index contributed by atoms with van der Waals surface area (Å²) in [5.74, 6) is -0.695. The molecule has 4 rings (SSSR count). The van der Waals surface area contributed by atoms with E-state index >= 15 is 0 Å². The van der Waals surface area contributed by atoms with Gasteiger partial charge >= 0.3 is 5.97 Å². The molecular weight excluding hydrogens is 366 g/mol. The van der Waals surface area contributed by atoms with Crippen LogP contribution < -0.4 is 4.74 Å². The lowest BCUT2D eigenvalue weighted by Crippen LogP contribution is -2.33. The van der Waals surface area contributed by atoms with Gasteiger partial charge in [0, 0.05) is 22.3 Å². The van der Waals surface area contributed by atoms with Crippen molar-refractivity contribution in [3.63, 3.8) is 0 Å². The Balaban J connectivity index is 1.43. The Labute approximate surface area is 162 Å². The van der Waals surface area contributed by atoms with Crippen molar-refractivity contribution >= 4 is 40.2 Å². The fraction of sp³-hybridized carbons (Fsp3) is 0.381. The quantitative estimate of drug-likeness (QED) is 0.454. The summed E-state index contributed by atoms with van der Waals surface area (Å²) in [6.07, 6.45) is 3.49. The third-order valence-electron chi connectivity index (χ3n) is 5.53.